The Morgan fingerprint density at radius 1 is 0.852 bits per heavy atom. The van der Waals surface area contributed by atoms with Gasteiger partial charge in [0.15, 0.2) is 0 Å². The molecule has 0 aliphatic rings. The molecule has 0 amide bonds. The van der Waals surface area contributed by atoms with Crippen LogP contribution in [-0.4, -0.2) is 17.5 Å². The molecule has 0 radical (unpaired) electrons. The lowest BCUT2D eigenvalue weighted by Gasteiger charge is -2.08. The summed E-state index contributed by atoms with van der Waals surface area (Å²) < 4.78 is 10.9. The van der Waals surface area contributed by atoms with Crippen molar-refractivity contribution >= 4 is 11.7 Å². The summed E-state index contributed by atoms with van der Waals surface area (Å²) in [4.78, 5) is 22.3. The summed E-state index contributed by atoms with van der Waals surface area (Å²) in [5.41, 5.74) is 1.50. The quantitative estimate of drug-likeness (QED) is 0.268. The van der Waals surface area contributed by atoms with Crippen LogP contribution in [0.5, 0.6) is 11.5 Å². The first-order chi connectivity index (χ1) is 13.1. The molecule has 0 aromatic heterocycles. The van der Waals surface area contributed by atoms with Crippen LogP contribution in [0, 0.1) is 10.1 Å². The maximum absolute atomic E-state index is 12.1. The first-order valence-corrected chi connectivity index (χ1v) is 8.35. The number of hydrogen-bond acceptors (Lipinski definition) is 5. The van der Waals surface area contributed by atoms with E-state index in [1.54, 1.807) is 24.3 Å². The highest BCUT2D eigenvalue weighted by Gasteiger charge is 2.10. The predicted octanol–water partition coefficient (Wildman–Crippen LogP) is 4.44. The molecule has 136 valence electrons. The van der Waals surface area contributed by atoms with E-state index in [1.807, 2.05) is 30.3 Å². The normalized spacial score (nSPS) is 10.2. The number of nitrogens with zero attached hydrogens (tertiary/aromatic N) is 1. The molecular formula is C21H17NO5. The van der Waals surface area contributed by atoms with Gasteiger partial charge in [-0.05, 0) is 42.0 Å². The first-order valence-electron chi connectivity index (χ1n) is 8.35. The van der Waals surface area contributed by atoms with E-state index in [4.69, 9.17) is 9.47 Å². The van der Waals surface area contributed by atoms with Gasteiger partial charge in [-0.1, -0.05) is 30.3 Å². The van der Waals surface area contributed by atoms with Gasteiger partial charge in [-0.3, -0.25) is 10.1 Å². The van der Waals surface area contributed by atoms with Crippen molar-refractivity contribution in [1.29, 1.82) is 0 Å². The Balaban J connectivity index is 1.53. The van der Waals surface area contributed by atoms with Gasteiger partial charge < -0.3 is 9.47 Å². The highest BCUT2D eigenvalue weighted by molar-refractivity contribution is 5.91. The van der Waals surface area contributed by atoms with Crippen molar-refractivity contribution in [1.82, 2.24) is 0 Å². The predicted molar refractivity (Wildman–Crippen MR) is 100 cm³/mol. The van der Waals surface area contributed by atoms with E-state index in [0.717, 1.165) is 6.42 Å². The molecule has 3 rings (SSSR count). The Bertz CT molecular complexity index is 906. The maximum Gasteiger partial charge on any atom is 0.343 e. The van der Waals surface area contributed by atoms with Gasteiger partial charge in [-0.2, -0.15) is 0 Å². The highest BCUT2D eigenvalue weighted by Crippen LogP contribution is 2.19. The molecule has 3 aromatic carbocycles. The number of non-ortho nitro benzene ring substituents is 1. The van der Waals surface area contributed by atoms with E-state index < -0.39 is 10.9 Å². The molecule has 27 heavy (non-hydrogen) atoms. The van der Waals surface area contributed by atoms with Gasteiger partial charge in [0.05, 0.1) is 17.1 Å². The average Bonchev–Trinajstić information content (AvgIpc) is 2.70. The van der Waals surface area contributed by atoms with Crippen LogP contribution in [0.3, 0.4) is 0 Å². The van der Waals surface area contributed by atoms with E-state index in [9.17, 15) is 14.9 Å². The molecule has 0 heterocycles. The number of esters is 1. The third-order valence-electron chi connectivity index (χ3n) is 3.85. The first kappa shape index (κ1) is 18.1. The topological polar surface area (TPSA) is 78.7 Å². The van der Waals surface area contributed by atoms with Gasteiger partial charge in [0.25, 0.3) is 5.69 Å². The van der Waals surface area contributed by atoms with Crippen molar-refractivity contribution in [2.24, 2.45) is 0 Å². The van der Waals surface area contributed by atoms with Crippen molar-refractivity contribution in [3.05, 3.63) is 100 Å². The van der Waals surface area contributed by atoms with Gasteiger partial charge in [0.2, 0.25) is 0 Å². The average molecular weight is 363 g/mol. The van der Waals surface area contributed by atoms with Crippen LogP contribution in [0.15, 0.2) is 78.9 Å². The smallest absolute Gasteiger partial charge is 0.343 e. The molecule has 0 fully saturated rings. The Labute approximate surface area is 156 Å². The van der Waals surface area contributed by atoms with Gasteiger partial charge in [-0.15, -0.1) is 0 Å². The van der Waals surface area contributed by atoms with Crippen molar-refractivity contribution in [2.45, 2.75) is 6.42 Å². The summed E-state index contributed by atoms with van der Waals surface area (Å²) in [6.07, 6.45) is 0.796. The molecule has 3 aromatic rings. The van der Waals surface area contributed by atoms with Gasteiger partial charge in [-0.25, -0.2) is 4.79 Å². The van der Waals surface area contributed by atoms with Crippen molar-refractivity contribution < 1.29 is 19.2 Å². The van der Waals surface area contributed by atoms with Crippen molar-refractivity contribution in [3.63, 3.8) is 0 Å². The van der Waals surface area contributed by atoms with Crippen LogP contribution >= 0.6 is 0 Å². The van der Waals surface area contributed by atoms with Crippen molar-refractivity contribution in [3.8, 4) is 11.5 Å². The molecule has 6 nitrogen and oxygen atoms in total. The Morgan fingerprint density at radius 3 is 2.11 bits per heavy atom. The number of nitro benzene ring substituents is 1. The van der Waals surface area contributed by atoms with Crippen LogP contribution < -0.4 is 9.47 Å². The van der Waals surface area contributed by atoms with Gasteiger partial charge in [0.1, 0.15) is 11.5 Å². The van der Waals surface area contributed by atoms with Crippen LogP contribution in [0.2, 0.25) is 0 Å². The fraction of sp³-hybridized carbons (Fsp3) is 0.0952. The molecule has 0 saturated carbocycles. The van der Waals surface area contributed by atoms with Gasteiger partial charge >= 0.3 is 5.97 Å². The molecule has 6 heteroatoms. The molecule has 0 saturated heterocycles. The standard InChI is InChI=1S/C21H17NO5/c23-21(27-20-12-8-18(9-13-20)22(24)25)17-6-10-19(11-7-17)26-15-14-16-4-2-1-3-5-16/h1-13H,14-15H2. The van der Waals surface area contributed by atoms with Crippen LogP contribution in [-0.2, 0) is 6.42 Å². The molecule has 0 spiro atoms. The molecule has 0 aliphatic heterocycles. The van der Waals surface area contributed by atoms with E-state index in [-0.39, 0.29) is 11.4 Å². The number of rotatable bonds is 7. The Kier molecular flexibility index (Phi) is 5.79. The second-order valence-electron chi connectivity index (χ2n) is 5.75. The Morgan fingerprint density at radius 2 is 1.48 bits per heavy atom. The number of hydrogen-bond donors (Lipinski definition) is 0. The fourth-order valence-electron chi connectivity index (χ4n) is 2.42. The number of carbonyl (C=O) groups excluding carboxylic acids is 1. The van der Waals surface area contributed by atoms with E-state index in [1.165, 1.54) is 29.8 Å². The van der Waals surface area contributed by atoms with E-state index >= 15 is 0 Å². The zero-order chi connectivity index (χ0) is 19.1. The summed E-state index contributed by atoms with van der Waals surface area (Å²) in [5.74, 6) is 0.367. The zero-order valence-corrected chi connectivity index (χ0v) is 14.4. The van der Waals surface area contributed by atoms with Crippen LogP contribution in [0.4, 0.5) is 5.69 Å². The lowest BCUT2D eigenvalue weighted by atomic mass is 10.2. The second-order valence-corrected chi connectivity index (χ2v) is 5.75. The summed E-state index contributed by atoms with van der Waals surface area (Å²) >= 11 is 0. The minimum Gasteiger partial charge on any atom is -0.493 e. The molecule has 0 aliphatic carbocycles. The molecule has 0 atom stereocenters. The highest BCUT2D eigenvalue weighted by atomic mass is 16.6. The lowest BCUT2D eigenvalue weighted by molar-refractivity contribution is -0.384. The van der Waals surface area contributed by atoms with Crippen LogP contribution in [0.25, 0.3) is 0 Å². The summed E-state index contributed by atoms with van der Waals surface area (Å²) in [5, 5.41) is 10.6. The number of nitro groups is 1. The monoisotopic (exact) mass is 363 g/mol. The minimum absolute atomic E-state index is 0.0631. The summed E-state index contributed by atoms with van der Waals surface area (Å²) in [6, 6.07) is 22.0. The number of ether oxygens (including phenoxy) is 2. The van der Waals surface area contributed by atoms with Crippen molar-refractivity contribution in [2.75, 3.05) is 6.61 Å². The third-order valence-corrected chi connectivity index (χ3v) is 3.85. The SMILES string of the molecule is O=C(Oc1ccc([N+](=O)[O-])cc1)c1ccc(OCCc2ccccc2)cc1. The minimum atomic E-state index is -0.542. The lowest BCUT2D eigenvalue weighted by Crippen LogP contribution is -2.08. The second kappa shape index (κ2) is 8.62. The summed E-state index contributed by atoms with van der Waals surface area (Å²) in [6.45, 7) is 0.538. The third kappa shape index (κ3) is 5.15. The molecule has 0 N–H and O–H groups in total. The van der Waals surface area contributed by atoms with Crippen LogP contribution in [0.1, 0.15) is 15.9 Å². The molecular weight excluding hydrogens is 346 g/mol. The summed E-state index contributed by atoms with van der Waals surface area (Å²) in [7, 11) is 0. The molecule has 0 bridgehead atoms. The molecule has 0 unspecified atom stereocenters. The number of carbonyl (C=O) groups is 1. The maximum atomic E-state index is 12.1. The van der Waals surface area contributed by atoms with E-state index in [2.05, 4.69) is 0 Å². The zero-order valence-electron chi connectivity index (χ0n) is 14.4. The number of benzene rings is 3. The van der Waals surface area contributed by atoms with E-state index in [0.29, 0.717) is 17.9 Å². The van der Waals surface area contributed by atoms with Gasteiger partial charge in [0, 0.05) is 18.6 Å². The fourth-order valence-corrected chi connectivity index (χ4v) is 2.42. The largest absolute Gasteiger partial charge is 0.493 e. The Hall–Kier alpha value is -3.67.